The summed E-state index contributed by atoms with van der Waals surface area (Å²) >= 11 is 0. The molecule has 10 heavy (non-hydrogen) atoms. The van der Waals surface area contributed by atoms with Gasteiger partial charge < -0.3 is 10.2 Å². The third kappa shape index (κ3) is 4.53. The van der Waals surface area contributed by atoms with Crippen molar-refractivity contribution >= 4 is 0 Å². The molecule has 0 radical (unpaired) electrons. The van der Waals surface area contributed by atoms with E-state index in [0.717, 1.165) is 12.8 Å². The molecule has 60 valence electrons. The molecule has 0 spiro atoms. The minimum Gasteiger partial charge on any atom is -0.390 e. The number of hydrogen-bond donors (Lipinski definition) is 2. The van der Waals surface area contributed by atoms with Crippen LogP contribution in [0.3, 0.4) is 0 Å². The Balaban J connectivity index is 3.45. The van der Waals surface area contributed by atoms with Gasteiger partial charge >= 0.3 is 0 Å². The van der Waals surface area contributed by atoms with Crippen molar-refractivity contribution in [2.24, 2.45) is 0 Å². The summed E-state index contributed by atoms with van der Waals surface area (Å²) in [6.07, 6.45) is 4.19. The molecule has 0 aliphatic carbocycles. The molecule has 2 atom stereocenters. The van der Waals surface area contributed by atoms with Crippen LogP contribution < -0.4 is 0 Å². The average molecular weight is 144 g/mol. The molecule has 0 fully saturated rings. The van der Waals surface area contributed by atoms with Gasteiger partial charge in [0, 0.05) is 0 Å². The molecule has 0 saturated heterocycles. The zero-order valence-electron chi connectivity index (χ0n) is 6.62. The summed E-state index contributed by atoms with van der Waals surface area (Å²) in [6, 6.07) is 0. The van der Waals surface area contributed by atoms with Crippen LogP contribution in [0, 0.1) is 0 Å². The fourth-order valence-electron chi connectivity index (χ4n) is 0.563. The Morgan fingerprint density at radius 1 is 1.40 bits per heavy atom. The quantitative estimate of drug-likeness (QED) is 0.580. The zero-order valence-corrected chi connectivity index (χ0v) is 6.62. The van der Waals surface area contributed by atoms with Gasteiger partial charge in [0.05, 0.1) is 12.2 Å². The second kappa shape index (κ2) is 5.45. The minimum atomic E-state index is -0.702. The van der Waals surface area contributed by atoms with Gasteiger partial charge in [-0.15, -0.1) is 0 Å². The van der Waals surface area contributed by atoms with Crippen LogP contribution >= 0.6 is 0 Å². The van der Waals surface area contributed by atoms with Crippen molar-refractivity contribution < 1.29 is 10.2 Å². The van der Waals surface area contributed by atoms with Crippen LogP contribution in [0.1, 0.15) is 26.7 Å². The molecule has 0 aliphatic heterocycles. The first kappa shape index (κ1) is 9.66. The van der Waals surface area contributed by atoms with Gasteiger partial charge in [-0.25, -0.2) is 0 Å². The normalized spacial score (nSPS) is 17.6. The molecule has 2 unspecified atom stereocenters. The summed E-state index contributed by atoms with van der Waals surface area (Å²) in [6.45, 7) is 3.64. The highest BCUT2D eigenvalue weighted by Gasteiger charge is 2.04. The Morgan fingerprint density at radius 3 is 2.40 bits per heavy atom. The predicted octanol–water partition coefficient (Wildman–Crippen LogP) is 1.08. The summed E-state index contributed by atoms with van der Waals surface area (Å²) in [4.78, 5) is 0. The highest BCUT2D eigenvalue weighted by atomic mass is 16.3. The lowest BCUT2D eigenvalue weighted by molar-refractivity contribution is 0.0617. The van der Waals surface area contributed by atoms with E-state index >= 15 is 0 Å². The fraction of sp³-hybridized carbons (Fsp3) is 0.750. The minimum absolute atomic E-state index is 0.659. The van der Waals surface area contributed by atoms with Gasteiger partial charge in [0.25, 0.3) is 0 Å². The molecule has 2 N–H and O–H groups in total. The lowest BCUT2D eigenvalue weighted by Crippen LogP contribution is -2.19. The topological polar surface area (TPSA) is 40.5 Å². The number of hydrogen-bond acceptors (Lipinski definition) is 2. The highest BCUT2D eigenvalue weighted by Crippen LogP contribution is 1.96. The Labute approximate surface area is 62.2 Å². The molecule has 0 saturated carbocycles. The number of rotatable bonds is 4. The van der Waals surface area contributed by atoms with Crippen LogP contribution in [0.25, 0.3) is 0 Å². The van der Waals surface area contributed by atoms with Crippen LogP contribution in [0.4, 0.5) is 0 Å². The monoisotopic (exact) mass is 144 g/mol. The van der Waals surface area contributed by atoms with E-state index in [0.29, 0.717) is 0 Å². The van der Waals surface area contributed by atoms with E-state index < -0.39 is 12.2 Å². The first-order chi connectivity index (χ1) is 4.68. The Kier molecular flexibility index (Phi) is 5.26. The number of aliphatic hydroxyl groups excluding tert-OH is 2. The van der Waals surface area contributed by atoms with Gasteiger partial charge in [0.2, 0.25) is 0 Å². The first-order valence-corrected chi connectivity index (χ1v) is 3.71. The molecule has 0 heterocycles. The number of unbranched alkanes of at least 4 members (excludes halogenated alkanes) is 1. The van der Waals surface area contributed by atoms with Gasteiger partial charge in [0.15, 0.2) is 0 Å². The van der Waals surface area contributed by atoms with Gasteiger partial charge in [-0.2, -0.15) is 0 Å². The van der Waals surface area contributed by atoms with E-state index in [9.17, 15) is 0 Å². The molecule has 0 rings (SSSR count). The lowest BCUT2D eigenvalue weighted by Gasteiger charge is -2.06. The van der Waals surface area contributed by atoms with Crippen molar-refractivity contribution in [1.82, 2.24) is 0 Å². The average Bonchev–Trinajstić information content (AvgIpc) is 1.88. The maximum atomic E-state index is 9.02. The van der Waals surface area contributed by atoms with Gasteiger partial charge in [-0.1, -0.05) is 25.5 Å². The van der Waals surface area contributed by atoms with Crippen LogP contribution in [-0.4, -0.2) is 22.4 Å². The number of aliphatic hydroxyl groups is 2. The third-order valence-corrected chi connectivity index (χ3v) is 1.28. The van der Waals surface area contributed by atoms with E-state index in [1.807, 2.05) is 6.08 Å². The second-order valence-corrected chi connectivity index (χ2v) is 2.45. The largest absolute Gasteiger partial charge is 0.390 e. The molecule has 0 aliphatic rings. The van der Waals surface area contributed by atoms with E-state index in [1.165, 1.54) is 0 Å². The molecule has 2 nitrogen and oxygen atoms in total. The molecular weight excluding hydrogens is 128 g/mol. The molecular formula is C8H16O2. The van der Waals surface area contributed by atoms with Crippen molar-refractivity contribution in [3.63, 3.8) is 0 Å². The number of allylic oxidation sites excluding steroid dienone is 1. The van der Waals surface area contributed by atoms with Crippen molar-refractivity contribution in [3.05, 3.63) is 12.2 Å². The van der Waals surface area contributed by atoms with Crippen molar-refractivity contribution in [2.45, 2.75) is 38.9 Å². The predicted molar refractivity (Wildman–Crippen MR) is 41.7 cm³/mol. The smallest absolute Gasteiger partial charge is 0.0977 e. The summed E-state index contributed by atoms with van der Waals surface area (Å²) in [7, 11) is 0. The summed E-state index contributed by atoms with van der Waals surface area (Å²) in [5.41, 5.74) is 0. The van der Waals surface area contributed by atoms with Crippen LogP contribution in [0.2, 0.25) is 0 Å². The molecule has 0 aromatic carbocycles. The van der Waals surface area contributed by atoms with Crippen LogP contribution in [0.15, 0.2) is 12.2 Å². The summed E-state index contributed by atoms with van der Waals surface area (Å²) in [5.74, 6) is 0. The molecule has 0 bridgehead atoms. The molecule has 2 heteroatoms. The van der Waals surface area contributed by atoms with E-state index in [1.54, 1.807) is 13.0 Å². The van der Waals surface area contributed by atoms with E-state index in [2.05, 4.69) is 6.92 Å². The Bertz CT molecular complexity index is 97.4. The maximum Gasteiger partial charge on any atom is 0.0977 e. The fourth-order valence-corrected chi connectivity index (χ4v) is 0.563. The molecule has 0 amide bonds. The van der Waals surface area contributed by atoms with Gasteiger partial charge in [0.1, 0.15) is 0 Å². The first-order valence-electron chi connectivity index (χ1n) is 3.71. The Morgan fingerprint density at radius 2 is 2.00 bits per heavy atom. The van der Waals surface area contributed by atoms with Crippen LogP contribution in [0.5, 0.6) is 0 Å². The second-order valence-electron chi connectivity index (χ2n) is 2.45. The van der Waals surface area contributed by atoms with Gasteiger partial charge in [-0.05, 0) is 13.3 Å². The highest BCUT2D eigenvalue weighted by molar-refractivity contribution is 4.90. The van der Waals surface area contributed by atoms with Crippen molar-refractivity contribution in [1.29, 1.82) is 0 Å². The van der Waals surface area contributed by atoms with Gasteiger partial charge in [-0.3, -0.25) is 0 Å². The summed E-state index contributed by atoms with van der Waals surface area (Å²) < 4.78 is 0. The maximum absolute atomic E-state index is 9.02. The standard InChI is InChI=1S/C8H16O2/c1-3-4-5-6-8(10)7(2)9/h5-10H,3-4H2,1-2H3/b6-5+. The third-order valence-electron chi connectivity index (χ3n) is 1.28. The van der Waals surface area contributed by atoms with Crippen molar-refractivity contribution in [2.75, 3.05) is 0 Å². The van der Waals surface area contributed by atoms with Crippen LogP contribution in [-0.2, 0) is 0 Å². The summed E-state index contributed by atoms with van der Waals surface area (Å²) in [5, 5.41) is 17.8. The molecule has 0 aromatic heterocycles. The zero-order chi connectivity index (χ0) is 7.98. The molecule has 0 aromatic rings. The lowest BCUT2D eigenvalue weighted by atomic mass is 10.2. The van der Waals surface area contributed by atoms with Crippen molar-refractivity contribution in [3.8, 4) is 0 Å². The SMILES string of the molecule is CCC/C=C/C(O)C(C)O. The Hall–Kier alpha value is -0.340. The van der Waals surface area contributed by atoms with E-state index in [4.69, 9.17) is 10.2 Å². The van der Waals surface area contributed by atoms with E-state index in [-0.39, 0.29) is 0 Å².